The van der Waals surface area contributed by atoms with Gasteiger partial charge in [-0.25, -0.2) is 4.98 Å². The fourth-order valence-corrected chi connectivity index (χ4v) is 3.34. The minimum absolute atomic E-state index is 0.301. The highest BCUT2D eigenvalue weighted by Gasteiger charge is 2.14. The summed E-state index contributed by atoms with van der Waals surface area (Å²) >= 11 is 1.28. The van der Waals surface area contributed by atoms with Gasteiger partial charge >= 0.3 is 0 Å². The predicted octanol–water partition coefficient (Wildman–Crippen LogP) is 3.19. The van der Waals surface area contributed by atoms with Crippen LogP contribution in [0.1, 0.15) is 26.5 Å². The molecule has 0 fully saturated rings. The summed E-state index contributed by atoms with van der Waals surface area (Å²) in [6, 6.07) is 11.2. The van der Waals surface area contributed by atoms with E-state index >= 15 is 0 Å². The topological polar surface area (TPSA) is 130 Å². The molecule has 5 N–H and O–H groups in total. The van der Waals surface area contributed by atoms with E-state index in [9.17, 15) is 9.59 Å². The molecule has 0 unspecified atom stereocenters. The summed E-state index contributed by atoms with van der Waals surface area (Å²) in [7, 11) is 0. The van der Waals surface area contributed by atoms with Crippen molar-refractivity contribution in [2.75, 3.05) is 5.32 Å². The number of anilines is 1. The zero-order valence-electron chi connectivity index (χ0n) is 14.8. The third-order valence-corrected chi connectivity index (χ3v) is 4.90. The lowest BCUT2D eigenvalue weighted by Gasteiger charge is -1.98. The Morgan fingerprint density at radius 1 is 1.07 bits per heavy atom. The van der Waals surface area contributed by atoms with E-state index < -0.39 is 5.91 Å². The van der Waals surface area contributed by atoms with Crippen LogP contribution in [-0.2, 0) is 0 Å². The Morgan fingerprint density at radius 2 is 1.86 bits per heavy atom. The van der Waals surface area contributed by atoms with Gasteiger partial charge in [0.2, 0.25) is 0 Å². The zero-order chi connectivity index (χ0) is 19.7. The summed E-state index contributed by atoms with van der Waals surface area (Å²) in [5, 5.41) is 11.9. The maximum atomic E-state index is 12.5. The molecule has 8 nitrogen and oxygen atoms in total. The number of nitrogens with two attached hydrogens (primary N) is 1. The van der Waals surface area contributed by atoms with Crippen LogP contribution in [0.15, 0.2) is 48.0 Å². The molecule has 2 amide bonds. The van der Waals surface area contributed by atoms with Gasteiger partial charge in [-0.05, 0) is 19.1 Å². The van der Waals surface area contributed by atoms with E-state index in [1.807, 2.05) is 31.2 Å². The molecule has 1 aromatic carbocycles. The number of H-pyrrole nitrogens is 2. The standard InChI is InChI=1S/C19H16N6O2S/c1-10-2-4-11(5-3-10)13-7-15(25-24-13)18(27)23-19-22-16(9-28-19)12-6-14(17(20)26)21-8-12/h2-9,21H,1H3,(H2,20,26)(H,24,25)(H,22,23,27). The quantitative estimate of drug-likeness (QED) is 0.415. The molecule has 0 radical (unpaired) electrons. The molecule has 0 aliphatic rings. The third-order valence-electron chi connectivity index (χ3n) is 4.14. The van der Waals surface area contributed by atoms with Gasteiger partial charge in [0.05, 0.1) is 11.4 Å². The van der Waals surface area contributed by atoms with Gasteiger partial charge in [0, 0.05) is 22.7 Å². The fraction of sp³-hybridized carbons (Fsp3) is 0.0526. The van der Waals surface area contributed by atoms with Gasteiger partial charge in [-0.2, -0.15) is 5.10 Å². The van der Waals surface area contributed by atoms with Crippen LogP contribution in [0.2, 0.25) is 0 Å². The molecule has 0 atom stereocenters. The first-order valence-electron chi connectivity index (χ1n) is 8.37. The average Bonchev–Trinajstić information content (AvgIpc) is 3.42. The predicted molar refractivity (Wildman–Crippen MR) is 107 cm³/mol. The molecule has 0 bridgehead atoms. The molecule has 4 rings (SSSR count). The number of nitrogens with zero attached hydrogens (tertiary/aromatic N) is 2. The van der Waals surface area contributed by atoms with Crippen molar-refractivity contribution in [1.82, 2.24) is 20.2 Å². The van der Waals surface area contributed by atoms with E-state index in [0.29, 0.717) is 33.5 Å². The van der Waals surface area contributed by atoms with Crippen molar-refractivity contribution in [3.63, 3.8) is 0 Å². The highest BCUT2D eigenvalue weighted by molar-refractivity contribution is 7.14. The highest BCUT2D eigenvalue weighted by atomic mass is 32.1. The number of primary amides is 1. The Balaban J connectivity index is 1.47. The molecule has 9 heteroatoms. The number of amides is 2. The molecule has 0 aliphatic carbocycles. The number of aromatic nitrogens is 4. The Labute approximate surface area is 163 Å². The first-order valence-corrected chi connectivity index (χ1v) is 9.25. The second-order valence-corrected chi connectivity index (χ2v) is 7.05. The molecule has 3 aromatic heterocycles. The van der Waals surface area contributed by atoms with Gasteiger partial charge in [-0.3, -0.25) is 20.0 Å². The van der Waals surface area contributed by atoms with Crippen molar-refractivity contribution < 1.29 is 9.59 Å². The summed E-state index contributed by atoms with van der Waals surface area (Å²) in [5.74, 6) is -0.878. The minimum Gasteiger partial charge on any atom is -0.364 e. The van der Waals surface area contributed by atoms with Crippen molar-refractivity contribution in [2.45, 2.75) is 6.92 Å². The molecular weight excluding hydrogens is 376 g/mol. The molecule has 0 saturated carbocycles. The van der Waals surface area contributed by atoms with Crippen molar-refractivity contribution in [3.8, 4) is 22.5 Å². The molecular formula is C19H16N6O2S. The molecule has 0 saturated heterocycles. The van der Waals surface area contributed by atoms with Crippen LogP contribution in [0, 0.1) is 6.92 Å². The largest absolute Gasteiger partial charge is 0.364 e. The van der Waals surface area contributed by atoms with E-state index in [-0.39, 0.29) is 5.91 Å². The molecule has 0 aliphatic heterocycles. The number of rotatable bonds is 5. The van der Waals surface area contributed by atoms with Gasteiger partial charge in [0.25, 0.3) is 11.8 Å². The maximum Gasteiger partial charge on any atom is 0.275 e. The minimum atomic E-state index is -0.543. The summed E-state index contributed by atoms with van der Waals surface area (Å²) in [6.07, 6.45) is 1.64. The normalized spacial score (nSPS) is 10.8. The smallest absolute Gasteiger partial charge is 0.275 e. The van der Waals surface area contributed by atoms with Crippen LogP contribution in [0.5, 0.6) is 0 Å². The van der Waals surface area contributed by atoms with E-state index in [4.69, 9.17) is 5.73 Å². The first-order chi connectivity index (χ1) is 13.5. The summed E-state index contributed by atoms with van der Waals surface area (Å²) < 4.78 is 0. The van der Waals surface area contributed by atoms with Crippen LogP contribution in [0.25, 0.3) is 22.5 Å². The SMILES string of the molecule is Cc1ccc(-c2cc(C(=O)Nc3nc(-c4c[nH]c(C(N)=O)c4)cs3)[nH]n2)cc1. The average molecular weight is 392 g/mol. The van der Waals surface area contributed by atoms with Crippen LogP contribution >= 0.6 is 11.3 Å². The number of aromatic amines is 2. The number of hydrogen-bond donors (Lipinski definition) is 4. The van der Waals surface area contributed by atoms with Gasteiger partial charge < -0.3 is 10.7 Å². The molecule has 4 aromatic rings. The molecule has 0 spiro atoms. The van der Waals surface area contributed by atoms with Crippen LogP contribution in [-0.4, -0.2) is 32.0 Å². The van der Waals surface area contributed by atoms with Crippen LogP contribution < -0.4 is 11.1 Å². The zero-order valence-corrected chi connectivity index (χ0v) is 15.6. The Kier molecular flexibility index (Phi) is 4.50. The lowest BCUT2D eigenvalue weighted by atomic mass is 10.1. The number of nitrogens with one attached hydrogen (secondary N) is 3. The maximum absolute atomic E-state index is 12.5. The van der Waals surface area contributed by atoms with E-state index in [1.54, 1.807) is 23.7 Å². The van der Waals surface area contributed by atoms with Crippen LogP contribution in [0.4, 0.5) is 5.13 Å². The second kappa shape index (κ2) is 7.12. The van der Waals surface area contributed by atoms with Gasteiger partial charge in [-0.15, -0.1) is 11.3 Å². The lowest BCUT2D eigenvalue weighted by molar-refractivity contribution is 0.0993. The van der Waals surface area contributed by atoms with E-state index in [2.05, 4.69) is 25.5 Å². The second-order valence-electron chi connectivity index (χ2n) is 6.19. The Hall–Kier alpha value is -3.72. The number of carbonyl (C=O) groups excluding carboxylic acids is 2. The highest BCUT2D eigenvalue weighted by Crippen LogP contribution is 2.26. The van der Waals surface area contributed by atoms with Crippen molar-refractivity contribution >= 4 is 28.3 Å². The van der Waals surface area contributed by atoms with Crippen molar-refractivity contribution in [2.24, 2.45) is 5.73 Å². The van der Waals surface area contributed by atoms with Gasteiger partial charge in [-0.1, -0.05) is 29.8 Å². The van der Waals surface area contributed by atoms with Gasteiger partial charge in [0.15, 0.2) is 5.13 Å². The molecule has 140 valence electrons. The number of benzene rings is 1. The van der Waals surface area contributed by atoms with Crippen LogP contribution in [0.3, 0.4) is 0 Å². The van der Waals surface area contributed by atoms with Crippen molar-refractivity contribution in [1.29, 1.82) is 0 Å². The lowest BCUT2D eigenvalue weighted by Crippen LogP contribution is -2.12. The van der Waals surface area contributed by atoms with Gasteiger partial charge in [0.1, 0.15) is 11.4 Å². The molecule has 3 heterocycles. The number of aryl methyl sites for hydroxylation is 1. The summed E-state index contributed by atoms with van der Waals surface area (Å²) in [6.45, 7) is 2.01. The molecule has 28 heavy (non-hydrogen) atoms. The summed E-state index contributed by atoms with van der Waals surface area (Å²) in [4.78, 5) is 30.8. The summed E-state index contributed by atoms with van der Waals surface area (Å²) in [5.41, 5.74) is 10.00. The Bertz CT molecular complexity index is 1160. The number of carbonyl (C=O) groups is 2. The third kappa shape index (κ3) is 3.55. The fourth-order valence-electron chi connectivity index (χ4n) is 2.62. The van der Waals surface area contributed by atoms with E-state index in [1.165, 1.54) is 11.3 Å². The number of hydrogen-bond acceptors (Lipinski definition) is 5. The first kappa shape index (κ1) is 17.7. The number of thiazole rings is 1. The van der Waals surface area contributed by atoms with E-state index in [0.717, 1.165) is 11.1 Å². The monoisotopic (exact) mass is 392 g/mol. The Morgan fingerprint density at radius 3 is 2.57 bits per heavy atom. The van der Waals surface area contributed by atoms with Crippen molar-refractivity contribution in [3.05, 3.63) is 64.9 Å².